The predicted octanol–water partition coefficient (Wildman–Crippen LogP) is 1.73. The molecule has 0 aliphatic rings. The minimum atomic E-state index is -3.56. The molecule has 2 amide bonds. The summed E-state index contributed by atoms with van der Waals surface area (Å²) >= 11 is 0. The van der Waals surface area contributed by atoms with Crippen LogP contribution in [0.3, 0.4) is 0 Å². The van der Waals surface area contributed by atoms with E-state index < -0.39 is 15.9 Å². The summed E-state index contributed by atoms with van der Waals surface area (Å²) in [6.07, 6.45) is 0.832. The van der Waals surface area contributed by atoms with Crippen LogP contribution in [0.1, 0.15) is 24.5 Å². The van der Waals surface area contributed by atoms with Gasteiger partial charge in [0.15, 0.2) is 6.61 Å². The normalized spacial score (nSPS) is 11.1. The smallest absolute Gasteiger partial charge is 0.262 e. The molecular weight excluding hydrogens is 394 g/mol. The van der Waals surface area contributed by atoms with Crippen LogP contribution in [0.25, 0.3) is 0 Å². The Balaban J connectivity index is 1.93. The van der Waals surface area contributed by atoms with Crippen LogP contribution in [-0.4, -0.2) is 33.4 Å². The Morgan fingerprint density at radius 2 is 1.79 bits per heavy atom. The number of benzene rings is 2. The molecule has 0 aliphatic heterocycles. The van der Waals surface area contributed by atoms with Crippen LogP contribution in [0.15, 0.2) is 47.4 Å². The minimum Gasteiger partial charge on any atom is -0.483 e. The lowest BCUT2D eigenvalue weighted by Gasteiger charge is -2.12. The van der Waals surface area contributed by atoms with Gasteiger partial charge in [-0.25, -0.2) is 13.1 Å². The van der Waals surface area contributed by atoms with Crippen LogP contribution in [0, 0.1) is 6.92 Å². The first-order valence-electron chi connectivity index (χ1n) is 9.11. The first kappa shape index (κ1) is 22.4. The highest BCUT2D eigenvalue weighted by atomic mass is 32.2. The molecule has 0 heterocycles. The summed E-state index contributed by atoms with van der Waals surface area (Å²) in [6.45, 7) is 3.72. The second-order valence-corrected chi connectivity index (χ2v) is 8.27. The number of amides is 2. The summed E-state index contributed by atoms with van der Waals surface area (Å²) in [5.74, 6) is -0.370. The number of nitrogens with one attached hydrogen (secondary N) is 2. The lowest BCUT2D eigenvalue weighted by atomic mass is 10.1. The van der Waals surface area contributed by atoms with Crippen molar-refractivity contribution in [3.05, 3.63) is 53.6 Å². The molecule has 8 nitrogen and oxygen atoms in total. The zero-order valence-electron chi connectivity index (χ0n) is 16.4. The van der Waals surface area contributed by atoms with E-state index in [2.05, 4.69) is 10.0 Å². The van der Waals surface area contributed by atoms with Gasteiger partial charge < -0.3 is 15.8 Å². The third-order valence-corrected chi connectivity index (χ3v) is 5.43. The first-order chi connectivity index (χ1) is 13.7. The number of carbonyl (C=O) groups excluding carboxylic acids is 2. The Morgan fingerprint density at radius 1 is 1.10 bits per heavy atom. The van der Waals surface area contributed by atoms with E-state index in [1.54, 1.807) is 31.2 Å². The van der Waals surface area contributed by atoms with Gasteiger partial charge in [-0.3, -0.25) is 9.59 Å². The number of carbonyl (C=O) groups is 2. The van der Waals surface area contributed by atoms with E-state index in [1.807, 2.05) is 6.92 Å². The molecule has 0 unspecified atom stereocenters. The van der Waals surface area contributed by atoms with Gasteiger partial charge in [-0.2, -0.15) is 0 Å². The van der Waals surface area contributed by atoms with Crippen LogP contribution in [0.2, 0.25) is 0 Å². The average molecular weight is 420 g/mol. The second-order valence-electron chi connectivity index (χ2n) is 6.50. The van der Waals surface area contributed by atoms with Crippen molar-refractivity contribution in [1.82, 2.24) is 4.72 Å². The summed E-state index contributed by atoms with van der Waals surface area (Å²) < 4.78 is 32.3. The predicted molar refractivity (Wildman–Crippen MR) is 110 cm³/mol. The summed E-state index contributed by atoms with van der Waals surface area (Å²) in [7, 11) is -3.56. The van der Waals surface area contributed by atoms with E-state index in [4.69, 9.17) is 10.5 Å². The highest BCUT2D eigenvalue weighted by molar-refractivity contribution is 7.89. The van der Waals surface area contributed by atoms with Crippen LogP contribution < -0.4 is 20.5 Å². The zero-order valence-corrected chi connectivity index (χ0v) is 17.2. The van der Waals surface area contributed by atoms with Crippen molar-refractivity contribution < 1.29 is 22.7 Å². The van der Waals surface area contributed by atoms with Crippen LogP contribution in [0.4, 0.5) is 5.69 Å². The Hall–Kier alpha value is -2.91. The van der Waals surface area contributed by atoms with Crippen LogP contribution >= 0.6 is 0 Å². The fourth-order valence-corrected chi connectivity index (χ4v) is 3.74. The molecule has 0 atom stereocenters. The monoisotopic (exact) mass is 419 g/mol. The molecule has 156 valence electrons. The lowest BCUT2D eigenvalue weighted by Crippen LogP contribution is -2.24. The van der Waals surface area contributed by atoms with Gasteiger partial charge in [-0.1, -0.05) is 19.1 Å². The minimum absolute atomic E-state index is 0.135. The summed E-state index contributed by atoms with van der Waals surface area (Å²) in [6, 6.07) is 11.2. The SMILES string of the molecule is CCCNS(=O)(=O)c1ccc(OCC(=O)Nc2ccc(CC(N)=O)cc2)c(C)c1. The maximum atomic E-state index is 12.2. The molecule has 4 N–H and O–H groups in total. The van der Waals surface area contributed by atoms with Gasteiger partial charge in [0, 0.05) is 12.2 Å². The molecule has 0 saturated carbocycles. The molecule has 9 heteroatoms. The van der Waals surface area contributed by atoms with Crippen molar-refractivity contribution in [2.45, 2.75) is 31.6 Å². The summed E-state index contributed by atoms with van der Waals surface area (Å²) in [4.78, 5) is 23.1. The quantitative estimate of drug-likeness (QED) is 0.540. The molecule has 2 rings (SSSR count). The number of hydrogen-bond acceptors (Lipinski definition) is 5. The number of hydrogen-bond donors (Lipinski definition) is 3. The molecule has 0 bridgehead atoms. The van der Waals surface area contributed by atoms with Crippen molar-refractivity contribution >= 4 is 27.5 Å². The third-order valence-electron chi connectivity index (χ3n) is 3.97. The second kappa shape index (κ2) is 10.0. The van der Waals surface area contributed by atoms with Crippen molar-refractivity contribution in [1.29, 1.82) is 0 Å². The van der Waals surface area contributed by atoms with Crippen molar-refractivity contribution in [2.24, 2.45) is 5.73 Å². The Kier molecular flexibility index (Phi) is 7.74. The fraction of sp³-hybridized carbons (Fsp3) is 0.300. The molecule has 0 radical (unpaired) electrons. The van der Waals surface area contributed by atoms with Gasteiger partial charge in [0.05, 0.1) is 11.3 Å². The van der Waals surface area contributed by atoms with Gasteiger partial charge in [0.2, 0.25) is 15.9 Å². The standard InChI is InChI=1S/C20H25N3O5S/c1-3-10-22-29(26,27)17-8-9-18(14(2)11-17)28-13-20(25)23-16-6-4-15(5-7-16)12-19(21)24/h4-9,11,22H,3,10,12-13H2,1-2H3,(H2,21,24)(H,23,25). The number of rotatable bonds is 10. The van der Waals surface area contributed by atoms with E-state index in [9.17, 15) is 18.0 Å². The third kappa shape index (κ3) is 6.88. The molecule has 29 heavy (non-hydrogen) atoms. The fourth-order valence-electron chi connectivity index (χ4n) is 2.52. The first-order valence-corrected chi connectivity index (χ1v) is 10.6. The van der Waals surface area contributed by atoms with Gasteiger partial charge in [0.25, 0.3) is 5.91 Å². The number of aryl methyl sites for hydroxylation is 1. The van der Waals surface area contributed by atoms with Gasteiger partial charge in [-0.15, -0.1) is 0 Å². The average Bonchev–Trinajstić information content (AvgIpc) is 2.66. The zero-order chi connectivity index (χ0) is 21.4. The van der Waals surface area contributed by atoms with E-state index in [1.165, 1.54) is 18.2 Å². The van der Waals surface area contributed by atoms with Gasteiger partial charge in [-0.05, 0) is 54.8 Å². The van der Waals surface area contributed by atoms with Crippen molar-refractivity contribution in [3.8, 4) is 5.75 Å². The Labute approximate surface area is 170 Å². The number of primary amides is 1. The molecule has 0 spiro atoms. The summed E-state index contributed by atoms with van der Waals surface area (Å²) in [5, 5.41) is 2.68. The highest BCUT2D eigenvalue weighted by Gasteiger charge is 2.15. The number of nitrogens with two attached hydrogens (primary N) is 1. The Morgan fingerprint density at radius 3 is 2.38 bits per heavy atom. The van der Waals surface area contributed by atoms with Crippen molar-refractivity contribution in [2.75, 3.05) is 18.5 Å². The maximum absolute atomic E-state index is 12.2. The van der Waals surface area contributed by atoms with Crippen LogP contribution in [-0.2, 0) is 26.0 Å². The molecule has 0 aromatic heterocycles. The highest BCUT2D eigenvalue weighted by Crippen LogP contribution is 2.22. The maximum Gasteiger partial charge on any atom is 0.262 e. The van der Waals surface area contributed by atoms with Crippen molar-refractivity contribution in [3.63, 3.8) is 0 Å². The largest absolute Gasteiger partial charge is 0.483 e. The van der Waals surface area contributed by atoms with E-state index in [0.717, 1.165) is 5.56 Å². The molecule has 0 fully saturated rings. The molecular formula is C20H25N3O5S. The molecule has 2 aromatic rings. The number of ether oxygens (including phenoxy) is 1. The molecule has 2 aromatic carbocycles. The number of sulfonamides is 1. The van der Waals surface area contributed by atoms with E-state index >= 15 is 0 Å². The Bertz CT molecular complexity index is 972. The number of anilines is 1. The molecule has 0 saturated heterocycles. The van der Waals surface area contributed by atoms with Gasteiger partial charge >= 0.3 is 0 Å². The van der Waals surface area contributed by atoms with Gasteiger partial charge in [0.1, 0.15) is 5.75 Å². The van der Waals surface area contributed by atoms with E-state index in [0.29, 0.717) is 30.0 Å². The van der Waals surface area contributed by atoms with E-state index in [-0.39, 0.29) is 23.8 Å². The summed E-state index contributed by atoms with van der Waals surface area (Å²) in [5.41, 5.74) is 7.06. The lowest BCUT2D eigenvalue weighted by molar-refractivity contribution is -0.118. The topological polar surface area (TPSA) is 128 Å². The van der Waals surface area contributed by atoms with Crippen LogP contribution in [0.5, 0.6) is 5.75 Å². The molecule has 0 aliphatic carbocycles.